The lowest BCUT2D eigenvalue weighted by Gasteiger charge is -2.17. The van der Waals surface area contributed by atoms with Gasteiger partial charge in [0.25, 0.3) is 0 Å². The van der Waals surface area contributed by atoms with Crippen molar-refractivity contribution in [1.82, 2.24) is 10.2 Å². The summed E-state index contributed by atoms with van der Waals surface area (Å²) < 4.78 is 5.12. The van der Waals surface area contributed by atoms with Crippen LogP contribution in [0.25, 0.3) is 0 Å². The number of rotatable bonds is 7. The van der Waals surface area contributed by atoms with Gasteiger partial charge in [-0.15, -0.1) is 0 Å². The minimum Gasteiger partial charge on any atom is -0.497 e. The monoisotopic (exact) mass is 319 g/mol. The highest BCUT2D eigenvalue weighted by atomic mass is 16.5. The summed E-state index contributed by atoms with van der Waals surface area (Å²) in [6, 6.07) is 7.32. The number of hydrogen-bond acceptors (Lipinski definition) is 4. The molecule has 1 aliphatic heterocycles. The first-order valence-corrected chi connectivity index (χ1v) is 7.88. The van der Waals surface area contributed by atoms with E-state index in [4.69, 9.17) is 4.74 Å². The van der Waals surface area contributed by atoms with E-state index in [1.54, 1.807) is 12.0 Å². The summed E-state index contributed by atoms with van der Waals surface area (Å²) in [6.07, 6.45) is 1.17. The molecule has 23 heavy (non-hydrogen) atoms. The van der Waals surface area contributed by atoms with E-state index in [2.05, 4.69) is 10.2 Å². The Kier molecular flexibility index (Phi) is 5.98. The number of carbonyl (C=O) groups is 2. The molecule has 2 rings (SSSR count). The predicted molar refractivity (Wildman–Crippen MR) is 89.6 cm³/mol. The van der Waals surface area contributed by atoms with Crippen LogP contribution >= 0.6 is 0 Å². The molecule has 1 heterocycles. The summed E-state index contributed by atoms with van der Waals surface area (Å²) in [5.41, 5.74) is 0.804. The quantitative estimate of drug-likeness (QED) is 0.765. The second-order valence-electron chi connectivity index (χ2n) is 6.05. The number of nitrogens with one attached hydrogen (secondary N) is 1. The van der Waals surface area contributed by atoms with E-state index < -0.39 is 0 Å². The van der Waals surface area contributed by atoms with Crippen molar-refractivity contribution in [3.63, 3.8) is 0 Å². The van der Waals surface area contributed by atoms with Crippen LogP contribution < -0.4 is 15.0 Å². The normalized spacial score (nSPS) is 17.7. The lowest BCUT2D eigenvalue weighted by atomic mass is 10.1. The van der Waals surface area contributed by atoms with E-state index in [9.17, 15) is 9.59 Å². The van der Waals surface area contributed by atoms with Crippen molar-refractivity contribution in [2.75, 3.05) is 45.7 Å². The number of hydrogen-bond donors (Lipinski definition) is 1. The molecule has 1 aromatic rings. The first-order valence-electron chi connectivity index (χ1n) is 7.88. The average Bonchev–Trinajstić information content (AvgIpc) is 2.93. The minimum absolute atomic E-state index is 0.0105. The smallest absolute Gasteiger partial charge is 0.227 e. The number of methoxy groups -OCH3 is 1. The van der Waals surface area contributed by atoms with Crippen molar-refractivity contribution >= 4 is 17.5 Å². The van der Waals surface area contributed by atoms with E-state index in [1.807, 2.05) is 38.4 Å². The van der Waals surface area contributed by atoms with Gasteiger partial charge in [0.1, 0.15) is 5.75 Å². The third-order valence-electron chi connectivity index (χ3n) is 3.96. The maximum absolute atomic E-state index is 12.2. The molecule has 6 heteroatoms. The maximum atomic E-state index is 12.2. The molecule has 0 aromatic heterocycles. The van der Waals surface area contributed by atoms with E-state index >= 15 is 0 Å². The zero-order valence-corrected chi connectivity index (χ0v) is 14.0. The molecule has 1 N–H and O–H groups in total. The number of anilines is 1. The van der Waals surface area contributed by atoms with Crippen LogP contribution in [0.1, 0.15) is 12.8 Å². The molecule has 1 aromatic carbocycles. The van der Waals surface area contributed by atoms with Crippen molar-refractivity contribution in [3.8, 4) is 5.75 Å². The Morgan fingerprint density at radius 3 is 2.65 bits per heavy atom. The summed E-state index contributed by atoms with van der Waals surface area (Å²) in [5.74, 6) is 0.427. The summed E-state index contributed by atoms with van der Waals surface area (Å²) in [5, 5.41) is 2.93. The Morgan fingerprint density at radius 1 is 1.35 bits per heavy atom. The van der Waals surface area contributed by atoms with Gasteiger partial charge in [0.05, 0.1) is 13.0 Å². The molecular formula is C17H25N3O3. The molecule has 0 bridgehead atoms. The fourth-order valence-electron chi connectivity index (χ4n) is 2.65. The molecule has 0 radical (unpaired) electrons. The van der Waals surface area contributed by atoms with Gasteiger partial charge in [0.2, 0.25) is 11.8 Å². The first-order chi connectivity index (χ1) is 11.0. The second-order valence-corrected chi connectivity index (χ2v) is 6.05. The molecule has 0 aliphatic carbocycles. The molecule has 0 spiro atoms. The first kappa shape index (κ1) is 17.3. The van der Waals surface area contributed by atoms with Crippen LogP contribution in [0.5, 0.6) is 5.75 Å². The zero-order valence-electron chi connectivity index (χ0n) is 14.0. The van der Waals surface area contributed by atoms with Crippen LogP contribution in [0.4, 0.5) is 5.69 Å². The van der Waals surface area contributed by atoms with E-state index in [0.717, 1.165) is 24.4 Å². The molecule has 126 valence electrons. The van der Waals surface area contributed by atoms with Gasteiger partial charge in [0.15, 0.2) is 0 Å². The number of benzene rings is 1. The predicted octanol–water partition coefficient (Wildman–Crippen LogP) is 1.12. The standard InChI is InChI=1S/C17H25N3O3/c1-19(2)10-4-9-18-17(22)13-11-16(21)20(12-13)14-5-7-15(23-3)8-6-14/h5-8,13H,4,9-12H2,1-3H3,(H,18,22). The van der Waals surface area contributed by atoms with Crippen LogP contribution in [0.2, 0.25) is 0 Å². The van der Waals surface area contributed by atoms with Crippen molar-refractivity contribution in [2.45, 2.75) is 12.8 Å². The van der Waals surface area contributed by atoms with Gasteiger partial charge >= 0.3 is 0 Å². The Morgan fingerprint density at radius 2 is 2.04 bits per heavy atom. The molecule has 1 fully saturated rings. The van der Waals surface area contributed by atoms with Crippen LogP contribution in [0, 0.1) is 5.92 Å². The highest BCUT2D eigenvalue weighted by Crippen LogP contribution is 2.26. The van der Waals surface area contributed by atoms with Crippen LogP contribution in [0.3, 0.4) is 0 Å². The third-order valence-corrected chi connectivity index (χ3v) is 3.96. The lowest BCUT2D eigenvalue weighted by Crippen LogP contribution is -2.34. The van der Waals surface area contributed by atoms with Gasteiger partial charge in [-0.2, -0.15) is 0 Å². The van der Waals surface area contributed by atoms with Crippen LogP contribution in [-0.4, -0.2) is 57.6 Å². The highest BCUT2D eigenvalue weighted by molar-refractivity contribution is 6.00. The Balaban J connectivity index is 1.87. The molecule has 6 nitrogen and oxygen atoms in total. The van der Waals surface area contributed by atoms with Gasteiger partial charge in [-0.3, -0.25) is 9.59 Å². The summed E-state index contributed by atoms with van der Waals surface area (Å²) >= 11 is 0. The molecule has 1 atom stereocenters. The molecule has 1 saturated heterocycles. The van der Waals surface area contributed by atoms with E-state index in [1.165, 1.54) is 0 Å². The number of amides is 2. The zero-order chi connectivity index (χ0) is 16.8. The van der Waals surface area contributed by atoms with Crippen molar-refractivity contribution in [3.05, 3.63) is 24.3 Å². The molecular weight excluding hydrogens is 294 g/mol. The van der Waals surface area contributed by atoms with Gasteiger partial charge in [-0.25, -0.2) is 0 Å². The summed E-state index contributed by atoms with van der Waals surface area (Å²) in [7, 11) is 5.61. The van der Waals surface area contributed by atoms with Crippen molar-refractivity contribution < 1.29 is 14.3 Å². The van der Waals surface area contributed by atoms with Gasteiger partial charge in [-0.1, -0.05) is 0 Å². The molecule has 2 amide bonds. The summed E-state index contributed by atoms with van der Waals surface area (Å²) in [6.45, 7) is 2.01. The molecule has 0 saturated carbocycles. The number of carbonyl (C=O) groups excluding carboxylic acids is 2. The fraction of sp³-hybridized carbons (Fsp3) is 0.529. The van der Waals surface area contributed by atoms with E-state index in [-0.39, 0.29) is 24.2 Å². The third kappa shape index (κ3) is 4.69. The minimum atomic E-state index is -0.274. The van der Waals surface area contributed by atoms with Crippen molar-refractivity contribution in [2.24, 2.45) is 5.92 Å². The Bertz CT molecular complexity index is 543. The van der Waals surface area contributed by atoms with Gasteiger partial charge in [0, 0.05) is 25.2 Å². The van der Waals surface area contributed by atoms with Crippen molar-refractivity contribution in [1.29, 1.82) is 0 Å². The summed E-state index contributed by atoms with van der Waals surface area (Å²) in [4.78, 5) is 28.1. The molecule has 1 unspecified atom stereocenters. The second kappa shape index (κ2) is 7.97. The van der Waals surface area contributed by atoms with Gasteiger partial charge < -0.3 is 19.9 Å². The Hall–Kier alpha value is -2.08. The molecule has 1 aliphatic rings. The maximum Gasteiger partial charge on any atom is 0.227 e. The average molecular weight is 319 g/mol. The van der Waals surface area contributed by atoms with Crippen LogP contribution in [0.15, 0.2) is 24.3 Å². The number of nitrogens with zero attached hydrogens (tertiary/aromatic N) is 2. The fourth-order valence-corrected chi connectivity index (χ4v) is 2.65. The topological polar surface area (TPSA) is 61.9 Å². The highest BCUT2D eigenvalue weighted by Gasteiger charge is 2.34. The lowest BCUT2D eigenvalue weighted by molar-refractivity contribution is -0.126. The van der Waals surface area contributed by atoms with Gasteiger partial charge in [-0.05, 0) is 51.3 Å². The number of ether oxygens (including phenoxy) is 1. The Labute approximate surface area is 137 Å². The van der Waals surface area contributed by atoms with E-state index in [0.29, 0.717) is 13.1 Å². The SMILES string of the molecule is COc1ccc(N2CC(C(=O)NCCCN(C)C)CC2=O)cc1. The van der Waals surface area contributed by atoms with Crippen LogP contribution in [-0.2, 0) is 9.59 Å². The largest absolute Gasteiger partial charge is 0.497 e.